The summed E-state index contributed by atoms with van der Waals surface area (Å²) in [4.78, 5) is 28.2. The first-order chi connectivity index (χ1) is 24.6. The Bertz CT molecular complexity index is 1890. The van der Waals surface area contributed by atoms with Crippen LogP contribution in [0.5, 0.6) is 0 Å². The first-order valence-corrected chi connectivity index (χ1v) is 19.9. The lowest BCUT2D eigenvalue weighted by atomic mass is 10.1. The fraction of sp³-hybridized carbons (Fsp3) is 0.136. The molecule has 250 valence electrons. The van der Waals surface area contributed by atoms with Gasteiger partial charge < -0.3 is 10.6 Å². The predicted molar refractivity (Wildman–Crippen MR) is 213 cm³/mol. The quantitative estimate of drug-likeness (QED) is 0.122. The van der Waals surface area contributed by atoms with Crippen molar-refractivity contribution in [2.75, 3.05) is 6.54 Å². The van der Waals surface area contributed by atoms with Crippen LogP contribution in [0.3, 0.4) is 0 Å². The summed E-state index contributed by atoms with van der Waals surface area (Å²) in [5.41, 5.74) is 1.33. The van der Waals surface area contributed by atoms with Gasteiger partial charge >= 0.3 is 0 Å². The van der Waals surface area contributed by atoms with E-state index in [1.807, 2.05) is 60.7 Å². The summed E-state index contributed by atoms with van der Waals surface area (Å²) in [5.74, 6) is -0.250. The zero-order valence-electron chi connectivity index (χ0n) is 28.3. The molecule has 0 saturated carbocycles. The highest BCUT2D eigenvalue weighted by molar-refractivity contribution is 7.80. The van der Waals surface area contributed by atoms with Crippen molar-refractivity contribution in [1.29, 1.82) is 0 Å². The number of amides is 2. The molecule has 0 radical (unpaired) electrons. The summed E-state index contributed by atoms with van der Waals surface area (Å²) < 4.78 is 0. The maximum atomic E-state index is 14.2. The van der Waals surface area contributed by atoms with E-state index < -0.39 is 15.8 Å². The van der Waals surface area contributed by atoms with E-state index in [0.29, 0.717) is 17.7 Å². The largest absolute Gasteiger partial charge is 0.350 e. The van der Waals surface area contributed by atoms with Gasteiger partial charge in [0, 0.05) is 23.7 Å². The maximum Gasteiger partial charge on any atom is 0.252 e. The number of rotatable bonds is 14. The minimum absolute atomic E-state index is 0.118. The van der Waals surface area contributed by atoms with E-state index in [0.717, 1.165) is 29.9 Å². The van der Waals surface area contributed by atoms with Crippen LogP contribution >= 0.6 is 15.8 Å². The first kappa shape index (κ1) is 35.0. The highest BCUT2D eigenvalue weighted by Crippen LogP contribution is 2.35. The van der Waals surface area contributed by atoms with E-state index in [2.05, 4.69) is 127 Å². The van der Waals surface area contributed by atoms with Crippen LogP contribution in [0.25, 0.3) is 0 Å². The molecule has 0 bridgehead atoms. The van der Waals surface area contributed by atoms with Gasteiger partial charge in [-0.15, -0.1) is 0 Å². The Kier molecular flexibility index (Phi) is 12.4. The van der Waals surface area contributed by atoms with E-state index in [1.165, 1.54) is 21.2 Å². The molecule has 0 aromatic heterocycles. The predicted octanol–water partition coefficient (Wildman–Crippen LogP) is 6.92. The second-order valence-corrected chi connectivity index (χ2v) is 16.4. The molecular weight excluding hydrogens is 650 g/mol. The van der Waals surface area contributed by atoms with E-state index in [-0.39, 0.29) is 17.9 Å². The topological polar surface area (TPSA) is 58.2 Å². The molecule has 4 nitrogen and oxygen atoms in total. The molecular formula is C44H42N2O2P2. The lowest BCUT2D eigenvalue weighted by Crippen LogP contribution is -2.45. The second-order valence-electron chi connectivity index (χ2n) is 12.1. The lowest BCUT2D eigenvalue weighted by Gasteiger charge is -2.24. The molecule has 0 spiro atoms. The Labute approximate surface area is 298 Å². The molecule has 6 heteroatoms. The van der Waals surface area contributed by atoms with Gasteiger partial charge in [-0.2, -0.15) is 0 Å². The number of unbranched alkanes of at least 4 members (excludes halogenated alkanes) is 1. The van der Waals surface area contributed by atoms with Gasteiger partial charge in [-0.3, -0.25) is 9.59 Å². The van der Waals surface area contributed by atoms with Gasteiger partial charge in [0.25, 0.3) is 11.8 Å². The van der Waals surface area contributed by atoms with Gasteiger partial charge in [0.15, 0.2) is 0 Å². The Morgan fingerprint density at radius 3 is 1.26 bits per heavy atom. The highest BCUT2D eigenvalue weighted by Gasteiger charge is 2.25. The third-order valence-corrected chi connectivity index (χ3v) is 13.6. The van der Waals surface area contributed by atoms with Crippen molar-refractivity contribution in [3.05, 3.63) is 181 Å². The molecule has 0 saturated heterocycles. The lowest BCUT2D eigenvalue weighted by molar-refractivity contribution is 0.0907. The Morgan fingerprint density at radius 1 is 0.500 bits per heavy atom. The first-order valence-electron chi connectivity index (χ1n) is 17.2. The molecule has 0 aliphatic carbocycles. The molecule has 0 aliphatic rings. The van der Waals surface area contributed by atoms with Crippen LogP contribution in [-0.2, 0) is 0 Å². The minimum Gasteiger partial charge on any atom is -0.350 e. The molecule has 0 heterocycles. The van der Waals surface area contributed by atoms with Gasteiger partial charge in [0.1, 0.15) is 0 Å². The molecule has 1 unspecified atom stereocenters. The van der Waals surface area contributed by atoms with Crippen molar-refractivity contribution < 1.29 is 9.59 Å². The third-order valence-electron chi connectivity index (χ3n) is 8.59. The summed E-state index contributed by atoms with van der Waals surface area (Å²) in [6.45, 7) is 2.48. The fourth-order valence-corrected chi connectivity index (χ4v) is 11.0. The van der Waals surface area contributed by atoms with Gasteiger partial charge in [0.2, 0.25) is 0 Å². The van der Waals surface area contributed by atoms with Gasteiger partial charge in [0.05, 0.1) is 0 Å². The number of hydrogen-bond acceptors (Lipinski definition) is 2. The molecule has 2 N–H and O–H groups in total. The maximum absolute atomic E-state index is 14.2. The standard InChI is InChI=1S/C44H42N2O2P2/c1-2-3-20-34(46-44(48)40-30-17-19-32-42(40)50(37-25-12-6-13-26-37)38-27-14-7-15-28-38)33-45-43(47)39-29-16-18-31-41(39)49(35-21-8-4-9-22-35)36-23-10-5-11-24-36/h4-19,21-32,34H,2-3,20,33H2,1H3,(H,45,47)(H,46,48). The average Bonchev–Trinajstić information content (AvgIpc) is 3.18. The molecule has 0 aliphatic heterocycles. The van der Waals surface area contributed by atoms with Crippen molar-refractivity contribution in [3.63, 3.8) is 0 Å². The van der Waals surface area contributed by atoms with Crippen LogP contribution in [0.4, 0.5) is 0 Å². The number of nitrogens with one attached hydrogen (secondary N) is 2. The number of carbonyl (C=O) groups is 2. The molecule has 50 heavy (non-hydrogen) atoms. The van der Waals surface area contributed by atoms with Crippen LogP contribution in [0, 0.1) is 0 Å². The summed E-state index contributed by atoms with van der Waals surface area (Å²) in [6.07, 6.45) is 2.69. The number of benzene rings is 6. The molecule has 6 aromatic rings. The Balaban J connectivity index is 1.25. The molecule has 0 fully saturated rings. The zero-order valence-corrected chi connectivity index (χ0v) is 30.1. The summed E-state index contributed by atoms with van der Waals surface area (Å²) in [5, 5.41) is 13.3. The van der Waals surface area contributed by atoms with Crippen molar-refractivity contribution >= 4 is 59.5 Å². The van der Waals surface area contributed by atoms with Gasteiger partial charge in [-0.1, -0.05) is 177 Å². The Hall–Kier alpha value is -4.88. The van der Waals surface area contributed by atoms with E-state index in [4.69, 9.17) is 0 Å². The normalized spacial score (nSPS) is 11.7. The smallest absolute Gasteiger partial charge is 0.252 e. The monoisotopic (exact) mass is 692 g/mol. The molecule has 6 aromatic carbocycles. The molecule has 1 atom stereocenters. The van der Waals surface area contributed by atoms with Crippen molar-refractivity contribution in [2.24, 2.45) is 0 Å². The van der Waals surface area contributed by atoms with Gasteiger partial charge in [-0.05, 0) is 66.2 Å². The zero-order chi connectivity index (χ0) is 34.5. The van der Waals surface area contributed by atoms with E-state index in [1.54, 1.807) is 0 Å². The summed E-state index contributed by atoms with van der Waals surface area (Å²) in [6, 6.07) is 57.3. The van der Waals surface area contributed by atoms with Crippen LogP contribution in [0.2, 0.25) is 0 Å². The highest BCUT2D eigenvalue weighted by atomic mass is 31.1. The third kappa shape index (κ3) is 8.64. The van der Waals surface area contributed by atoms with Crippen molar-refractivity contribution in [1.82, 2.24) is 10.6 Å². The van der Waals surface area contributed by atoms with E-state index >= 15 is 0 Å². The summed E-state index contributed by atoms with van der Waals surface area (Å²) in [7, 11) is -1.92. The van der Waals surface area contributed by atoms with Crippen LogP contribution in [-0.4, -0.2) is 24.4 Å². The van der Waals surface area contributed by atoms with Gasteiger partial charge in [-0.25, -0.2) is 0 Å². The Morgan fingerprint density at radius 2 is 0.860 bits per heavy atom. The summed E-state index contributed by atoms with van der Waals surface area (Å²) >= 11 is 0. The second kappa shape index (κ2) is 17.7. The van der Waals surface area contributed by atoms with Crippen molar-refractivity contribution in [2.45, 2.75) is 32.2 Å². The number of hydrogen-bond donors (Lipinski definition) is 2. The fourth-order valence-electron chi connectivity index (χ4n) is 6.13. The van der Waals surface area contributed by atoms with Crippen LogP contribution in [0.15, 0.2) is 170 Å². The average molecular weight is 693 g/mol. The molecule has 2 amide bonds. The van der Waals surface area contributed by atoms with Crippen LogP contribution in [0.1, 0.15) is 46.9 Å². The number of carbonyl (C=O) groups excluding carboxylic acids is 2. The van der Waals surface area contributed by atoms with Crippen LogP contribution < -0.4 is 42.5 Å². The molecule has 6 rings (SSSR count). The SMILES string of the molecule is CCCCC(CNC(=O)c1ccccc1P(c1ccccc1)c1ccccc1)NC(=O)c1ccccc1P(c1ccccc1)c1ccccc1. The van der Waals surface area contributed by atoms with E-state index in [9.17, 15) is 9.59 Å². The van der Waals surface area contributed by atoms with Crippen molar-refractivity contribution in [3.8, 4) is 0 Å². The minimum atomic E-state index is -0.961.